The number of hydrogen-bond donors (Lipinski definition) is 1. The molecule has 0 spiro atoms. The van der Waals surface area contributed by atoms with Crippen LogP contribution in [0.4, 0.5) is 0 Å². The van der Waals surface area contributed by atoms with E-state index in [1.54, 1.807) is 6.07 Å². The standard InChI is InChI=1S/C19H25Cl2NO3/c1-4-13-9-14(20)10-16(21)15(13)11-17(23)22-19(18(24)25-3)7-5-12(2)6-8-19/h9-10,12H,4-8,11H2,1-3H3,(H,22,23). The molecule has 6 heteroatoms. The van der Waals surface area contributed by atoms with Crippen molar-refractivity contribution in [2.45, 2.75) is 57.9 Å². The van der Waals surface area contributed by atoms with Crippen molar-refractivity contribution >= 4 is 35.1 Å². The molecule has 1 N–H and O–H groups in total. The highest BCUT2D eigenvalue weighted by atomic mass is 35.5. The van der Waals surface area contributed by atoms with Gasteiger partial charge in [0.25, 0.3) is 0 Å². The maximum Gasteiger partial charge on any atom is 0.331 e. The Kier molecular flexibility index (Phi) is 6.75. The highest BCUT2D eigenvalue weighted by Gasteiger charge is 2.43. The van der Waals surface area contributed by atoms with E-state index in [0.717, 1.165) is 30.4 Å². The average molecular weight is 386 g/mol. The summed E-state index contributed by atoms with van der Waals surface area (Å²) in [4.78, 5) is 25.0. The molecule has 2 rings (SSSR count). The number of hydrogen-bond acceptors (Lipinski definition) is 3. The summed E-state index contributed by atoms with van der Waals surface area (Å²) < 4.78 is 4.97. The van der Waals surface area contributed by atoms with Crippen LogP contribution in [0, 0.1) is 5.92 Å². The van der Waals surface area contributed by atoms with Crippen LogP contribution in [0.2, 0.25) is 10.0 Å². The number of aryl methyl sites for hydroxylation is 1. The Bertz CT molecular complexity index is 652. The first kappa shape index (κ1) is 20.1. The molecule has 25 heavy (non-hydrogen) atoms. The largest absolute Gasteiger partial charge is 0.467 e. The number of carbonyl (C=O) groups excluding carboxylic acids is 2. The first-order valence-electron chi connectivity index (χ1n) is 8.67. The molecule has 4 nitrogen and oxygen atoms in total. The van der Waals surface area contributed by atoms with Crippen molar-refractivity contribution in [2.24, 2.45) is 5.92 Å². The lowest BCUT2D eigenvalue weighted by Gasteiger charge is -2.37. The number of esters is 1. The average Bonchev–Trinajstić information content (AvgIpc) is 2.58. The first-order chi connectivity index (χ1) is 11.8. The maximum absolute atomic E-state index is 12.7. The maximum atomic E-state index is 12.7. The molecule has 1 saturated carbocycles. The van der Waals surface area contributed by atoms with Crippen LogP contribution in [0.25, 0.3) is 0 Å². The van der Waals surface area contributed by atoms with E-state index in [0.29, 0.717) is 28.8 Å². The van der Waals surface area contributed by atoms with Crippen LogP contribution in [-0.4, -0.2) is 24.5 Å². The van der Waals surface area contributed by atoms with Gasteiger partial charge in [0.2, 0.25) is 5.91 Å². The summed E-state index contributed by atoms with van der Waals surface area (Å²) in [5.41, 5.74) is 0.774. The van der Waals surface area contributed by atoms with E-state index in [1.165, 1.54) is 7.11 Å². The third kappa shape index (κ3) is 4.68. The third-order valence-corrected chi connectivity index (χ3v) is 5.61. The summed E-state index contributed by atoms with van der Waals surface area (Å²) >= 11 is 12.3. The van der Waals surface area contributed by atoms with E-state index in [1.807, 2.05) is 13.0 Å². The third-order valence-electron chi connectivity index (χ3n) is 5.05. The zero-order valence-corrected chi connectivity index (χ0v) is 16.5. The zero-order chi connectivity index (χ0) is 18.6. The van der Waals surface area contributed by atoms with Gasteiger partial charge < -0.3 is 10.1 Å². The summed E-state index contributed by atoms with van der Waals surface area (Å²) in [6.45, 7) is 4.14. The monoisotopic (exact) mass is 385 g/mol. The van der Waals surface area contributed by atoms with Gasteiger partial charge >= 0.3 is 5.97 Å². The predicted octanol–water partition coefficient (Wildman–Crippen LogP) is 4.34. The number of benzene rings is 1. The van der Waals surface area contributed by atoms with Gasteiger partial charge in [0.15, 0.2) is 0 Å². The second-order valence-corrected chi connectivity index (χ2v) is 7.70. The van der Waals surface area contributed by atoms with Crippen molar-refractivity contribution < 1.29 is 14.3 Å². The molecule has 1 aromatic rings. The number of rotatable bonds is 5. The Morgan fingerprint density at radius 2 is 1.92 bits per heavy atom. The molecule has 1 aliphatic rings. The van der Waals surface area contributed by atoms with E-state index in [4.69, 9.17) is 27.9 Å². The van der Waals surface area contributed by atoms with Gasteiger partial charge in [-0.25, -0.2) is 4.79 Å². The molecule has 1 aromatic carbocycles. The van der Waals surface area contributed by atoms with Crippen LogP contribution in [0.5, 0.6) is 0 Å². The van der Waals surface area contributed by atoms with Gasteiger partial charge in [-0.2, -0.15) is 0 Å². The number of methoxy groups -OCH3 is 1. The second-order valence-electron chi connectivity index (χ2n) is 6.86. The lowest BCUT2D eigenvalue weighted by atomic mass is 9.77. The lowest BCUT2D eigenvalue weighted by Crippen LogP contribution is -2.57. The highest BCUT2D eigenvalue weighted by molar-refractivity contribution is 6.35. The number of carbonyl (C=O) groups is 2. The molecule has 0 heterocycles. The number of amides is 1. The molecule has 1 aliphatic carbocycles. The van der Waals surface area contributed by atoms with Crippen LogP contribution in [0.1, 0.15) is 50.7 Å². The molecule has 0 aromatic heterocycles. The quantitative estimate of drug-likeness (QED) is 0.766. The fourth-order valence-electron chi connectivity index (χ4n) is 3.47. The summed E-state index contributed by atoms with van der Waals surface area (Å²) in [5.74, 6) is -0.0448. The van der Waals surface area contributed by atoms with Gasteiger partial charge in [0.05, 0.1) is 13.5 Å². The van der Waals surface area contributed by atoms with Crippen LogP contribution in [0.15, 0.2) is 12.1 Å². The van der Waals surface area contributed by atoms with Gasteiger partial charge in [-0.15, -0.1) is 0 Å². The van der Waals surface area contributed by atoms with E-state index < -0.39 is 5.54 Å². The van der Waals surface area contributed by atoms with Gasteiger partial charge in [-0.05, 0) is 61.3 Å². The Morgan fingerprint density at radius 1 is 1.28 bits per heavy atom. The molecule has 0 unspecified atom stereocenters. The van der Waals surface area contributed by atoms with E-state index in [-0.39, 0.29) is 18.3 Å². The van der Waals surface area contributed by atoms with Crippen molar-refractivity contribution in [2.75, 3.05) is 7.11 Å². The van der Waals surface area contributed by atoms with Gasteiger partial charge in [-0.1, -0.05) is 37.0 Å². The number of ether oxygens (including phenoxy) is 1. The Labute approximate surface area is 159 Å². The molecular weight excluding hydrogens is 361 g/mol. The number of halogens is 2. The minimum absolute atomic E-state index is 0.119. The molecule has 138 valence electrons. The normalized spacial score (nSPS) is 23.2. The molecule has 1 fully saturated rings. The molecule has 0 saturated heterocycles. The number of nitrogens with one attached hydrogen (secondary N) is 1. The van der Waals surface area contributed by atoms with Crippen molar-refractivity contribution in [3.8, 4) is 0 Å². The Hall–Kier alpha value is -1.26. The summed E-state index contributed by atoms with van der Waals surface area (Å²) in [5, 5.41) is 3.97. The predicted molar refractivity (Wildman–Crippen MR) is 100 cm³/mol. The minimum atomic E-state index is -0.927. The van der Waals surface area contributed by atoms with Crippen LogP contribution in [0.3, 0.4) is 0 Å². The SMILES string of the molecule is CCc1cc(Cl)cc(Cl)c1CC(=O)NC1(C(=O)OC)CCC(C)CC1. The van der Waals surface area contributed by atoms with Crippen molar-refractivity contribution in [1.29, 1.82) is 0 Å². The van der Waals surface area contributed by atoms with Crippen molar-refractivity contribution in [3.05, 3.63) is 33.3 Å². The molecular formula is C19H25Cl2NO3. The molecule has 0 aliphatic heterocycles. The molecule has 1 amide bonds. The Morgan fingerprint density at radius 3 is 2.48 bits per heavy atom. The molecule has 0 radical (unpaired) electrons. The van der Waals surface area contributed by atoms with Crippen molar-refractivity contribution in [3.63, 3.8) is 0 Å². The lowest BCUT2D eigenvalue weighted by molar-refractivity contribution is -0.153. The summed E-state index contributed by atoms with van der Waals surface area (Å²) in [7, 11) is 1.36. The van der Waals surface area contributed by atoms with E-state index >= 15 is 0 Å². The first-order valence-corrected chi connectivity index (χ1v) is 9.43. The van der Waals surface area contributed by atoms with Gasteiger partial charge in [-0.3, -0.25) is 4.79 Å². The van der Waals surface area contributed by atoms with Crippen LogP contribution in [-0.2, 0) is 27.2 Å². The topological polar surface area (TPSA) is 55.4 Å². The molecule has 0 atom stereocenters. The van der Waals surface area contributed by atoms with Gasteiger partial charge in [0, 0.05) is 10.0 Å². The zero-order valence-electron chi connectivity index (χ0n) is 15.0. The van der Waals surface area contributed by atoms with Crippen LogP contribution < -0.4 is 5.32 Å². The minimum Gasteiger partial charge on any atom is -0.467 e. The fraction of sp³-hybridized carbons (Fsp3) is 0.579. The smallest absolute Gasteiger partial charge is 0.331 e. The molecule has 0 bridgehead atoms. The summed E-state index contributed by atoms with van der Waals surface area (Å²) in [6.07, 6.45) is 3.81. The highest BCUT2D eigenvalue weighted by Crippen LogP contribution is 2.33. The van der Waals surface area contributed by atoms with Gasteiger partial charge in [0.1, 0.15) is 5.54 Å². The second kappa shape index (κ2) is 8.41. The van der Waals surface area contributed by atoms with E-state index in [9.17, 15) is 9.59 Å². The fourth-order valence-corrected chi connectivity index (χ4v) is 4.07. The summed E-state index contributed by atoms with van der Waals surface area (Å²) in [6, 6.07) is 3.47. The van der Waals surface area contributed by atoms with E-state index in [2.05, 4.69) is 12.2 Å². The van der Waals surface area contributed by atoms with Crippen molar-refractivity contribution in [1.82, 2.24) is 5.32 Å². The Balaban J connectivity index is 2.19. The van der Waals surface area contributed by atoms with Crippen LogP contribution >= 0.6 is 23.2 Å².